The summed E-state index contributed by atoms with van der Waals surface area (Å²) in [5.41, 5.74) is 0.169. The number of esters is 2. The highest BCUT2D eigenvalue weighted by Gasteiger charge is 2.49. The molecule has 0 aromatic rings. The van der Waals surface area contributed by atoms with Crippen LogP contribution in [-0.2, 0) is 29.1 Å². The van der Waals surface area contributed by atoms with Gasteiger partial charge in [0.25, 0.3) is 10.0 Å². The number of nitrogens with zero attached hydrogens (tertiary/aromatic N) is 1. The van der Waals surface area contributed by atoms with Crippen LogP contribution in [-0.4, -0.2) is 45.9 Å². The first-order valence-corrected chi connectivity index (χ1v) is 8.44. The van der Waals surface area contributed by atoms with Crippen LogP contribution < -0.4 is 0 Å². The van der Waals surface area contributed by atoms with Crippen LogP contribution in [0.5, 0.6) is 0 Å². The van der Waals surface area contributed by atoms with Crippen LogP contribution in [0.4, 0.5) is 0 Å². The van der Waals surface area contributed by atoms with E-state index in [1.807, 2.05) is 0 Å². The van der Waals surface area contributed by atoms with Crippen molar-refractivity contribution in [3.63, 3.8) is 0 Å². The van der Waals surface area contributed by atoms with Gasteiger partial charge in [-0.25, -0.2) is 18.0 Å². The molecule has 0 saturated heterocycles. The van der Waals surface area contributed by atoms with E-state index < -0.39 is 26.9 Å². The number of carbonyl (C=O) groups excluding carboxylic acids is 2. The quantitative estimate of drug-likeness (QED) is 0.534. The Morgan fingerprint density at radius 1 is 1.11 bits per heavy atom. The Morgan fingerprint density at radius 2 is 1.68 bits per heavy atom. The van der Waals surface area contributed by atoms with Crippen LogP contribution in [0.15, 0.2) is 20.4 Å². The molecule has 10 heteroatoms. The van der Waals surface area contributed by atoms with Crippen LogP contribution in [0.1, 0.15) is 0 Å². The molecule has 0 aromatic carbocycles. The molecule has 0 amide bonds. The molecule has 0 spiro atoms. The van der Waals surface area contributed by atoms with Crippen molar-refractivity contribution in [2.75, 3.05) is 21.3 Å². The number of rotatable bonds is 2. The first-order chi connectivity index (χ1) is 8.86. The summed E-state index contributed by atoms with van der Waals surface area (Å²) >= 11 is 0. The molecule has 7 nitrogen and oxygen atoms in total. The Labute approximate surface area is 117 Å². The van der Waals surface area contributed by atoms with E-state index in [0.29, 0.717) is 0 Å². The van der Waals surface area contributed by atoms with E-state index in [-0.39, 0.29) is 15.5 Å². The molecule has 2 aliphatic rings. The number of carbonyl (C=O) groups is 2. The Bertz CT molecular complexity index is 632. The fourth-order valence-electron chi connectivity index (χ4n) is 1.59. The third-order valence-electron chi connectivity index (χ3n) is 2.52. The third kappa shape index (κ3) is 1.94. The molecule has 0 N–H and O–H groups in total. The Kier molecular flexibility index (Phi) is 3.58. The molecule has 19 heavy (non-hydrogen) atoms. The molecule has 0 saturated carbocycles. The van der Waals surface area contributed by atoms with E-state index in [9.17, 15) is 18.0 Å². The third-order valence-corrected chi connectivity index (χ3v) is 6.86. The van der Waals surface area contributed by atoms with E-state index in [0.717, 1.165) is 33.0 Å². The van der Waals surface area contributed by atoms with Gasteiger partial charge in [-0.2, -0.15) is 0 Å². The van der Waals surface area contributed by atoms with Gasteiger partial charge in [0.15, 0.2) is 4.91 Å². The van der Waals surface area contributed by atoms with Crippen LogP contribution >= 0.6 is 21.6 Å². The number of hydrogen-bond donors (Lipinski definition) is 0. The van der Waals surface area contributed by atoms with Gasteiger partial charge in [0.2, 0.25) is 0 Å². The number of hydrogen-bond acceptors (Lipinski definition) is 8. The lowest BCUT2D eigenvalue weighted by Crippen LogP contribution is -2.25. The van der Waals surface area contributed by atoms with Crippen molar-refractivity contribution in [1.29, 1.82) is 0 Å². The molecule has 0 radical (unpaired) electrons. The van der Waals surface area contributed by atoms with Crippen molar-refractivity contribution in [1.82, 2.24) is 4.31 Å². The summed E-state index contributed by atoms with van der Waals surface area (Å²) in [6.45, 7) is 0. The molecule has 0 bridgehead atoms. The zero-order valence-electron chi connectivity index (χ0n) is 10.1. The minimum Gasteiger partial charge on any atom is -0.465 e. The molecular formula is C9H9NO6S3. The molecule has 0 fully saturated rings. The summed E-state index contributed by atoms with van der Waals surface area (Å²) in [6, 6.07) is 0. The molecule has 104 valence electrons. The van der Waals surface area contributed by atoms with Gasteiger partial charge in [-0.3, -0.25) is 4.31 Å². The summed E-state index contributed by atoms with van der Waals surface area (Å²) < 4.78 is 34.2. The van der Waals surface area contributed by atoms with Crippen molar-refractivity contribution in [3.8, 4) is 0 Å². The maximum Gasteiger partial charge on any atom is 0.352 e. The molecule has 0 aromatic heterocycles. The van der Waals surface area contributed by atoms with Gasteiger partial charge in [-0.1, -0.05) is 0 Å². The fraction of sp³-hybridized carbons (Fsp3) is 0.333. The zero-order valence-corrected chi connectivity index (χ0v) is 12.6. The molecule has 2 rings (SSSR count). The average Bonchev–Trinajstić information content (AvgIpc) is 2.87. The SMILES string of the molecule is COC(=O)C1=C2C(=C(C(=O)OC)S(=O)(=O)N2C)SS1. The minimum absolute atomic E-state index is 0.146. The maximum atomic E-state index is 12.1. The second-order valence-corrected chi connectivity index (χ2v) is 7.51. The molecule has 0 aliphatic carbocycles. The van der Waals surface area contributed by atoms with Crippen LogP contribution in [0.2, 0.25) is 0 Å². The largest absolute Gasteiger partial charge is 0.465 e. The van der Waals surface area contributed by atoms with Gasteiger partial charge in [-0.15, -0.1) is 0 Å². The highest BCUT2D eigenvalue weighted by Crippen LogP contribution is 2.56. The monoisotopic (exact) mass is 323 g/mol. The molecule has 2 heterocycles. The summed E-state index contributed by atoms with van der Waals surface area (Å²) in [4.78, 5) is 23.1. The summed E-state index contributed by atoms with van der Waals surface area (Å²) in [6.07, 6.45) is 0. The second kappa shape index (κ2) is 4.76. The Balaban J connectivity index is 2.68. The summed E-state index contributed by atoms with van der Waals surface area (Å²) in [7, 11) is 1.68. The lowest BCUT2D eigenvalue weighted by atomic mass is 10.3. The first kappa shape index (κ1) is 14.3. The number of fused-ring (bicyclic) bond motifs is 1. The predicted molar refractivity (Wildman–Crippen MR) is 69.9 cm³/mol. The van der Waals surface area contributed by atoms with Crippen molar-refractivity contribution in [2.24, 2.45) is 0 Å². The second-order valence-electron chi connectivity index (χ2n) is 3.46. The number of methoxy groups -OCH3 is 2. The number of ether oxygens (including phenoxy) is 2. The lowest BCUT2D eigenvalue weighted by Gasteiger charge is -2.13. The molecule has 2 aliphatic heterocycles. The highest BCUT2D eigenvalue weighted by atomic mass is 33.1. The van der Waals surface area contributed by atoms with E-state index in [1.54, 1.807) is 0 Å². The summed E-state index contributed by atoms with van der Waals surface area (Å²) in [5.74, 6) is -1.59. The number of likely N-dealkylation sites (N-methyl/N-ethyl adjacent to an activating group) is 1. The van der Waals surface area contributed by atoms with Crippen molar-refractivity contribution in [2.45, 2.75) is 0 Å². The van der Waals surface area contributed by atoms with E-state index >= 15 is 0 Å². The van der Waals surface area contributed by atoms with Crippen LogP contribution in [0.25, 0.3) is 0 Å². The smallest absolute Gasteiger partial charge is 0.352 e. The van der Waals surface area contributed by atoms with Crippen LogP contribution in [0.3, 0.4) is 0 Å². The van der Waals surface area contributed by atoms with Gasteiger partial charge in [-0.05, 0) is 21.6 Å². The van der Waals surface area contributed by atoms with Gasteiger partial charge in [0, 0.05) is 7.05 Å². The van der Waals surface area contributed by atoms with Crippen molar-refractivity contribution in [3.05, 3.63) is 20.4 Å². The molecule has 0 atom stereocenters. The van der Waals surface area contributed by atoms with Gasteiger partial charge in [0.1, 0.15) is 4.91 Å². The average molecular weight is 323 g/mol. The Morgan fingerprint density at radius 3 is 2.21 bits per heavy atom. The molecular weight excluding hydrogens is 314 g/mol. The van der Waals surface area contributed by atoms with Gasteiger partial charge in [0.05, 0.1) is 24.8 Å². The van der Waals surface area contributed by atoms with E-state index in [4.69, 9.17) is 0 Å². The van der Waals surface area contributed by atoms with Gasteiger partial charge >= 0.3 is 11.9 Å². The van der Waals surface area contributed by atoms with Gasteiger partial charge < -0.3 is 9.47 Å². The highest BCUT2D eigenvalue weighted by molar-refractivity contribution is 8.80. The van der Waals surface area contributed by atoms with E-state index in [1.165, 1.54) is 14.2 Å². The van der Waals surface area contributed by atoms with Crippen molar-refractivity contribution >= 4 is 43.5 Å². The molecule has 0 unspecified atom stereocenters. The zero-order chi connectivity index (χ0) is 14.4. The maximum absolute atomic E-state index is 12.1. The Hall–Kier alpha value is -1.13. The topological polar surface area (TPSA) is 90.0 Å². The van der Waals surface area contributed by atoms with Crippen molar-refractivity contribution < 1.29 is 27.5 Å². The lowest BCUT2D eigenvalue weighted by molar-refractivity contribution is -0.136. The first-order valence-electron chi connectivity index (χ1n) is 4.85. The van der Waals surface area contributed by atoms with Crippen LogP contribution in [0, 0.1) is 0 Å². The minimum atomic E-state index is -3.97. The predicted octanol–water partition coefficient (Wildman–Crippen LogP) is 0.426. The van der Waals surface area contributed by atoms with E-state index in [2.05, 4.69) is 9.47 Å². The summed E-state index contributed by atoms with van der Waals surface area (Å²) in [5, 5.41) is 0. The number of sulfonamides is 1. The fourth-order valence-corrected chi connectivity index (χ4v) is 6.23. The normalized spacial score (nSPS) is 20.7. The standard InChI is InChI=1S/C9H9NO6S3/c1-10-4-5(17-18-6(4)8(11)15-2)7(9(12)16-3)19(10,13)14/h1-3H3.